The lowest BCUT2D eigenvalue weighted by Gasteiger charge is -2.15. The molecular weight excluding hydrogens is 477 g/mol. The number of rotatable bonds is 4. The van der Waals surface area contributed by atoms with Gasteiger partial charge in [0.05, 0.1) is 0 Å². The molecule has 2 aromatic carbocycles. The highest BCUT2D eigenvalue weighted by Crippen LogP contribution is 2.35. The Labute approximate surface area is 164 Å². The fourth-order valence-corrected chi connectivity index (χ4v) is 2.77. The van der Waals surface area contributed by atoms with Crippen LogP contribution in [0.5, 0.6) is 0 Å². The third-order valence-corrected chi connectivity index (χ3v) is 4.30. The van der Waals surface area contributed by atoms with Crippen LogP contribution in [0.25, 0.3) is 0 Å². The molecule has 0 aliphatic rings. The molecule has 0 unspecified atom stereocenters. The van der Waals surface area contributed by atoms with Gasteiger partial charge in [0.1, 0.15) is 11.4 Å². The summed E-state index contributed by atoms with van der Waals surface area (Å²) < 4.78 is 41.5. The van der Waals surface area contributed by atoms with Crippen molar-refractivity contribution in [2.75, 3.05) is 10.6 Å². The van der Waals surface area contributed by atoms with E-state index >= 15 is 0 Å². The van der Waals surface area contributed by atoms with Crippen molar-refractivity contribution in [3.63, 3.8) is 0 Å². The molecule has 26 heavy (non-hydrogen) atoms. The molecule has 0 saturated carbocycles. The Hall–Kier alpha value is -2.13. The number of alkyl halides is 3. The Morgan fingerprint density at radius 2 is 1.58 bits per heavy atom. The first-order valence-corrected chi connectivity index (χ1v) is 8.89. The molecule has 0 atom stereocenters. The average molecular weight is 488 g/mol. The number of aromatic nitrogens is 2. The Morgan fingerprint density at radius 1 is 0.846 bits per heavy atom. The molecule has 2 N–H and O–H groups in total. The lowest BCUT2D eigenvalue weighted by molar-refractivity contribution is -0.137. The fraction of sp³-hybridized carbons (Fsp3) is 0.0588. The van der Waals surface area contributed by atoms with Crippen molar-refractivity contribution in [1.29, 1.82) is 0 Å². The summed E-state index contributed by atoms with van der Waals surface area (Å²) in [5, 5.41) is 5.59. The van der Waals surface area contributed by atoms with Gasteiger partial charge < -0.3 is 10.6 Å². The van der Waals surface area contributed by atoms with Gasteiger partial charge in [0, 0.05) is 26.5 Å². The maximum absolute atomic E-state index is 13.3. The SMILES string of the molecule is FC(F)(F)c1cnc(Nc2ccc(Br)cc2)nc1Nc1cccc(Br)c1. The predicted octanol–water partition coefficient (Wildman–Crippen LogP) is 6.51. The van der Waals surface area contributed by atoms with E-state index < -0.39 is 11.7 Å². The highest BCUT2D eigenvalue weighted by Gasteiger charge is 2.35. The smallest absolute Gasteiger partial charge is 0.340 e. The molecule has 0 fully saturated rings. The molecule has 4 nitrogen and oxygen atoms in total. The molecule has 9 heteroatoms. The first kappa shape index (κ1) is 18.7. The molecule has 0 aliphatic carbocycles. The molecule has 3 rings (SSSR count). The molecule has 0 amide bonds. The van der Waals surface area contributed by atoms with E-state index in [-0.39, 0.29) is 11.8 Å². The Bertz CT molecular complexity index is 915. The van der Waals surface area contributed by atoms with Crippen LogP contribution < -0.4 is 10.6 Å². The first-order valence-electron chi connectivity index (χ1n) is 7.31. The van der Waals surface area contributed by atoms with Crippen molar-refractivity contribution in [3.8, 4) is 0 Å². The Balaban J connectivity index is 1.94. The van der Waals surface area contributed by atoms with Gasteiger partial charge in [0.2, 0.25) is 5.95 Å². The zero-order chi connectivity index (χ0) is 18.7. The highest BCUT2D eigenvalue weighted by atomic mass is 79.9. The molecule has 0 radical (unpaired) electrons. The number of hydrogen-bond acceptors (Lipinski definition) is 4. The summed E-state index contributed by atoms with van der Waals surface area (Å²) in [7, 11) is 0. The summed E-state index contributed by atoms with van der Waals surface area (Å²) in [5.41, 5.74) is 0.179. The number of hydrogen-bond donors (Lipinski definition) is 2. The molecule has 0 saturated heterocycles. The van der Waals surface area contributed by atoms with Crippen molar-refractivity contribution >= 4 is 55.0 Å². The number of halogens is 5. The van der Waals surface area contributed by atoms with Crippen LogP contribution in [0.2, 0.25) is 0 Å². The summed E-state index contributed by atoms with van der Waals surface area (Å²) in [6, 6.07) is 13.9. The van der Waals surface area contributed by atoms with Crippen LogP contribution in [0.3, 0.4) is 0 Å². The van der Waals surface area contributed by atoms with E-state index in [0.717, 1.165) is 15.1 Å². The molecule has 0 bridgehead atoms. The summed E-state index contributed by atoms with van der Waals surface area (Å²) in [4.78, 5) is 7.78. The quantitative estimate of drug-likeness (QED) is 0.440. The van der Waals surface area contributed by atoms with Crippen molar-refractivity contribution in [1.82, 2.24) is 9.97 Å². The average Bonchev–Trinajstić information content (AvgIpc) is 2.56. The summed E-state index contributed by atoms with van der Waals surface area (Å²) in [5.74, 6) is -0.275. The van der Waals surface area contributed by atoms with Gasteiger partial charge in [0.25, 0.3) is 0 Å². The second-order valence-corrected chi connectivity index (χ2v) is 7.05. The monoisotopic (exact) mass is 486 g/mol. The fourth-order valence-electron chi connectivity index (χ4n) is 2.11. The number of benzene rings is 2. The molecule has 134 valence electrons. The normalized spacial score (nSPS) is 11.3. The Kier molecular flexibility index (Phi) is 5.47. The highest BCUT2D eigenvalue weighted by molar-refractivity contribution is 9.10. The minimum absolute atomic E-state index is 0.0535. The van der Waals surface area contributed by atoms with Gasteiger partial charge >= 0.3 is 6.18 Å². The zero-order valence-electron chi connectivity index (χ0n) is 13.0. The van der Waals surface area contributed by atoms with Crippen LogP contribution in [0.1, 0.15) is 5.56 Å². The van der Waals surface area contributed by atoms with Gasteiger partial charge in [0.15, 0.2) is 0 Å². The van der Waals surface area contributed by atoms with E-state index in [9.17, 15) is 13.2 Å². The lowest BCUT2D eigenvalue weighted by atomic mass is 10.2. The van der Waals surface area contributed by atoms with Crippen LogP contribution in [0.4, 0.5) is 36.3 Å². The second-order valence-electron chi connectivity index (χ2n) is 5.22. The van der Waals surface area contributed by atoms with Crippen molar-refractivity contribution in [2.24, 2.45) is 0 Å². The van der Waals surface area contributed by atoms with Crippen LogP contribution >= 0.6 is 31.9 Å². The molecule has 1 aromatic heterocycles. The third kappa shape index (κ3) is 4.73. The molecule has 0 aliphatic heterocycles. The van der Waals surface area contributed by atoms with E-state index in [0.29, 0.717) is 11.4 Å². The van der Waals surface area contributed by atoms with Crippen molar-refractivity contribution < 1.29 is 13.2 Å². The van der Waals surface area contributed by atoms with E-state index in [1.54, 1.807) is 48.5 Å². The van der Waals surface area contributed by atoms with E-state index in [4.69, 9.17) is 0 Å². The van der Waals surface area contributed by atoms with E-state index in [2.05, 4.69) is 52.5 Å². The number of nitrogens with zero attached hydrogens (tertiary/aromatic N) is 2. The second kappa shape index (κ2) is 7.63. The Morgan fingerprint density at radius 3 is 2.23 bits per heavy atom. The van der Waals surface area contributed by atoms with Gasteiger partial charge in [-0.15, -0.1) is 0 Å². The maximum Gasteiger partial charge on any atom is 0.421 e. The van der Waals surface area contributed by atoms with E-state index in [1.165, 1.54) is 0 Å². The summed E-state index contributed by atoms with van der Waals surface area (Å²) in [6.07, 6.45) is -3.82. The standard InChI is InChI=1S/C17H11Br2F3N4/c18-10-4-6-12(7-5-10)25-16-23-9-14(17(20,21)22)15(26-16)24-13-3-1-2-11(19)8-13/h1-9H,(H2,23,24,25,26). The van der Waals surface area contributed by atoms with Crippen LogP contribution in [0.15, 0.2) is 63.7 Å². The van der Waals surface area contributed by atoms with Crippen molar-refractivity contribution in [2.45, 2.75) is 6.18 Å². The lowest BCUT2D eigenvalue weighted by Crippen LogP contribution is -2.12. The van der Waals surface area contributed by atoms with Crippen LogP contribution in [-0.4, -0.2) is 9.97 Å². The van der Waals surface area contributed by atoms with Gasteiger partial charge in [-0.05, 0) is 42.5 Å². The summed E-state index contributed by atoms with van der Waals surface area (Å²) >= 11 is 6.61. The van der Waals surface area contributed by atoms with Crippen LogP contribution in [0, 0.1) is 0 Å². The maximum atomic E-state index is 13.3. The largest absolute Gasteiger partial charge is 0.421 e. The zero-order valence-corrected chi connectivity index (χ0v) is 16.2. The topological polar surface area (TPSA) is 49.8 Å². The third-order valence-electron chi connectivity index (χ3n) is 3.28. The minimum Gasteiger partial charge on any atom is -0.340 e. The van der Waals surface area contributed by atoms with Crippen LogP contribution in [-0.2, 0) is 6.18 Å². The molecule has 1 heterocycles. The van der Waals surface area contributed by atoms with Gasteiger partial charge in [-0.3, -0.25) is 0 Å². The van der Waals surface area contributed by atoms with Crippen molar-refractivity contribution in [3.05, 3.63) is 69.2 Å². The van der Waals surface area contributed by atoms with E-state index in [1.807, 2.05) is 0 Å². The van der Waals surface area contributed by atoms with Gasteiger partial charge in [-0.25, -0.2) is 4.98 Å². The molecule has 3 aromatic rings. The van der Waals surface area contributed by atoms with Gasteiger partial charge in [-0.2, -0.15) is 18.2 Å². The minimum atomic E-state index is -4.58. The number of nitrogens with one attached hydrogen (secondary N) is 2. The summed E-state index contributed by atoms with van der Waals surface area (Å²) in [6.45, 7) is 0. The first-order chi connectivity index (χ1) is 12.3. The van der Waals surface area contributed by atoms with Gasteiger partial charge in [-0.1, -0.05) is 37.9 Å². The number of anilines is 4. The predicted molar refractivity (Wildman–Crippen MR) is 102 cm³/mol. The molecule has 0 spiro atoms. The molecular formula is C17H11Br2F3N4.